The molecule has 0 bridgehead atoms. The lowest BCUT2D eigenvalue weighted by Crippen LogP contribution is -2.42. The Labute approximate surface area is 152 Å². The Morgan fingerprint density at radius 2 is 2.08 bits per heavy atom. The highest BCUT2D eigenvalue weighted by molar-refractivity contribution is 7.89. The molecular formula is C17H22N4O4S. The zero-order chi connectivity index (χ0) is 18.3. The standard InChI is InChI=1S/C17H22N4O4S/c1-12-18-19-17(25-12)16-11-21(8-9-24-16)26(22,23)14-6-5-13-4-3-7-20(2)15(13)10-14/h5-6,10,16H,3-4,7-9,11H2,1-2H3. The molecule has 3 heterocycles. The molecule has 1 saturated heterocycles. The number of rotatable bonds is 3. The molecule has 26 heavy (non-hydrogen) atoms. The highest BCUT2D eigenvalue weighted by Gasteiger charge is 2.34. The summed E-state index contributed by atoms with van der Waals surface area (Å²) in [5.74, 6) is 0.744. The van der Waals surface area contributed by atoms with Gasteiger partial charge in [-0.3, -0.25) is 0 Å². The molecule has 0 radical (unpaired) electrons. The number of fused-ring (bicyclic) bond motifs is 1. The Morgan fingerprint density at radius 3 is 2.85 bits per heavy atom. The molecule has 2 aromatic rings. The molecule has 2 aliphatic rings. The largest absolute Gasteiger partial charge is 0.423 e. The summed E-state index contributed by atoms with van der Waals surface area (Å²) in [6.45, 7) is 3.38. The minimum atomic E-state index is -3.62. The molecule has 9 heteroatoms. The van der Waals surface area contributed by atoms with Crippen molar-refractivity contribution >= 4 is 15.7 Å². The minimum absolute atomic E-state index is 0.164. The highest BCUT2D eigenvalue weighted by Crippen LogP contribution is 2.31. The van der Waals surface area contributed by atoms with Crippen molar-refractivity contribution in [3.63, 3.8) is 0 Å². The van der Waals surface area contributed by atoms with Crippen LogP contribution < -0.4 is 4.90 Å². The summed E-state index contributed by atoms with van der Waals surface area (Å²) in [7, 11) is -1.62. The van der Waals surface area contributed by atoms with Gasteiger partial charge in [0.25, 0.3) is 0 Å². The van der Waals surface area contributed by atoms with Gasteiger partial charge in [-0.15, -0.1) is 10.2 Å². The van der Waals surface area contributed by atoms with Gasteiger partial charge >= 0.3 is 0 Å². The van der Waals surface area contributed by atoms with E-state index in [2.05, 4.69) is 15.1 Å². The summed E-state index contributed by atoms with van der Waals surface area (Å²) >= 11 is 0. The molecule has 0 aliphatic carbocycles. The summed E-state index contributed by atoms with van der Waals surface area (Å²) in [4.78, 5) is 2.42. The van der Waals surface area contributed by atoms with E-state index >= 15 is 0 Å². The third-order valence-electron chi connectivity index (χ3n) is 4.89. The normalized spacial score (nSPS) is 21.6. The van der Waals surface area contributed by atoms with Crippen LogP contribution in [0.3, 0.4) is 0 Å². The van der Waals surface area contributed by atoms with Gasteiger partial charge in [0.15, 0.2) is 0 Å². The van der Waals surface area contributed by atoms with Crippen molar-refractivity contribution in [2.75, 3.05) is 38.2 Å². The molecule has 0 spiro atoms. The van der Waals surface area contributed by atoms with Crippen molar-refractivity contribution in [1.29, 1.82) is 0 Å². The number of anilines is 1. The Bertz CT molecular complexity index is 911. The molecule has 1 fully saturated rings. The van der Waals surface area contributed by atoms with Crippen LogP contribution >= 0.6 is 0 Å². The second kappa shape index (κ2) is 6.64. The molecular weight excluding hydrogens is 356 g/mol. The van der Waals surface area contributed by atoms with Gasteiger partial charge < -0.3 is 14.1 Å². The van der Waals surface area contributed by atoms with Crippen LogP contribution in [-0.4, -0.2) is 56.2 Å². The number of ether oxygens (including phenoxy) is 1. The number of hydrogen-bond donors (Lipinski definition) is 0. The smallest absolute Gasteiger partial charge is 0.246 e. The first-order valence-electron chi connectivity index (χ1n) is 8.71. The predicted octanol–water partition coefficient (Wildman–Crippen LogP) is 1.52. The van der Waals surface area contributed by atoms with Crippen LogP contribution in [0.2, 0.25) is 0 Å². The summed E-state index contributed by atoms with van der Waals surface area (Å²) in [5, 5.41) is 7.75. The lowest BCUT2D eigenvalue weighted by atomic mass is 10.0. The topological polar surface area (TPSA) is 88.8 Å². The zero-order valence-electron chi connectivity index (χ0n) is 14.9. The van der Waals surface area contributed by atoms with Gasteiger partial charge in [0.05, 0.1) is 11.5 Å². The van der Waals surface area contributed by atoms with Crippen LogP contribution in [0.25, 0.3) is 0 Å². The minimum Gasteiger partial charge on any atom is -0.423 e. The number of benzene rings is 1. The van der Waals surface area contributed by atoms with Crippen molar-refractivity contribution in [2.24, 2.45) is 0 Å². The number of nitrogens with zero attached hydrogens (tertiary/aromatic N) is 4. The van der Waals surface area contributed by atoms with E-state index in [0.717, 1.165) is 25.1 Å². The number of sulfonamides is 1. The molecule has 0 saturated carbocycles. The average molecular weight is 378 g/mol. The van der Waals surface area contributed by atoms with Gasteiger partial charge in [-0.05, 0) is 30.5 Å². The SMILES string of the molecule is Cc1nnc(C2CN(S(=O)(=O)c3ccc4c(c3)N(C)CCC4)CCO2)o1. The van der Waals surface area contributed by atoms with Gasteiger partial charge in [0.2, 0.25) is 21.8 Å². The van der Waals surface area contributed by atoms with E-state index in [-0.39, 0.29) is 13.2 Å². The van der Waals surface area contributed by atoms with Crippen LogP contribution in [-0.2, 0) is 21.2 Å². The first kappa shape index (κ1) is 17.4. The molecule has 0 amide bonds. The van der Waals surface area contributed by atoms with Gasteiger partial charge in [-0.25, -0.2) is 8.42 Å². The highest BCUT2D eigenvalue weighted by atomic mass is 32.2. The monoisotopic (exact) mass is 378 g/mol. The van der Waals surface area contributed by atoms with Crippen LogP contribution in [0.15, 0.2) is 27.5 Å². The fraction of sp³-hybridized carbons (Fsp3) is 0.529. The van der Waals surface area contributed by atoms with Crippen LogP contribution in [0.4, 0.5) is 5.69 Å². The van der Waals surface area contributed by atoms with E-state index in [1.54, 1.807) is 19.1 Å². The Balaban J connectivity index is 1.61. The molecule has 2 aliphatic heterocycles. The summed E-state index contributed by atoms with van der Waals surface area (Å²) in [6.07, 6.45) is 1.53. The third kappa shape index (κ3) is 3.10. The lowest BCUT2D eigenvalue weighted by Gasteiger charge is -2.32. The van der Waals surface area contributed by atoms with E-state index < -0.39 is 16.1 Å². The van der Waals surface area contributed by atoms with Crippen LogP contribution in [0, 0.1) is 6.92 Å². The maximum Gasteiger partial charge on any atom is 0.246 e. The fourth-order valence-corrected chi connectivity index (χ4v) is 4.93. The molecule has 140 valence electrons. The fourth-order valence-electron chi connectivity index (χ4n) is 3.48. The number of aryl methyl sites for hydroxylation is 2. The molecule has 4 rings (SSSR count). The van der Waals surface area contributed by atoms with Crippen LogP contribution in [0.5, 0.6) is 0 Å². The van der Waals surface area contributed by atoms with Crippen molar-refractivity contribution in [3.8, 4) is 0 Å². The van der Waals surface area contributed by atoms with E-state index in [0.29, 0.717) is 23.2 Å². The maximum absolute atomic E-state index is 13.1. The number of aromatic nitrogens is 2. The summed E-state index contributed by atoms with van der Waals surface area (Å²) in [6, 6.07) is 5.41. The average Bonchev–Trinajstić information content (AvgIpc) is 3.08. The van der Waals surface area contributed by atoms with E-state index in [4.69, 9.17) is 9.15 Å². The second-order valence-corrected chi connectivity index (χ2v) is 8.64. The maximum atomic E-state index is 13.1. The van der Waals surface area contributed by atoms with Gasteiger partial charge in [-0.2, -0.15) is 4.31 Å². The van der Waals surface area contributed by atoms with Gasteiger partial charge in [0.1, 0.15) is 6.10 Å². The lowest BCUT2D eigenvalue weighted by molar-refractivity contribution is -0.0176. The number of morpholine rings is 1. The van der Waals surface area contributed by atoms with Crippen LogP contribution in [0.1, 0.15) is 29.9 Å². The molecule has 8 nitrogen and oxygen atoms in total. The van der Waals surface area contributed by atoms with Crippen molar-refractivity contribution in [1.82, 2.24) is 14.5 Å². The van der Waals surface area contributed by atoms with Crippen molar-refractivity contribution in [3.05, 3.63) is 35.5 Å². The van der Waals surface area contributed by atoms with E-state index in [1.807, 2.05) is 13.1 Å². The zero-order valence-corrected chi connectivity index (χ0v) is 15.7. The Morgan fingerprint density at radius 1 is 1.23 bits per heavy atom. The Hall–Kier alpha value is -1.97. The molecule has 1 atom stereocenters. The summed E-state index contributed by atoms with van der Waals surface area (Å²) in [5.41, 5.74) is 2.19. The third-order valence-corrected chi connectivity index (χ3v) is 6.75. The predicted molar refractivity (Wildman–Crippen MR) is 94.5 cm³/mol. The molecule has 1 aromatic carbocycles. The van der Waals surface area contributed by atoms with Crippen molar-refractivity contribution < 1.29 is 17.6 Å². The Kier molecular flexibility index (Phi) is 4.45. The molecule has 0 N–H and O–H groups in total. The first-order chi connectivity index (χ1) is 12.4. The van der Waals surface area contributed by atoms with Gasteiger partial charge in [-0.1, -0.05) is 6.07 Å². The molecule has 1 aromatic heterocycles. The molecule has 1 unspecified atom stereocenters. The number of hydrogen-bond acceptors (Lipinski definition) is 7. The first-order valence-corrected chi connectivity index (χ1v) is 10.1. The van der Waals surface area contributed by atoms with Crippen molar-refractivity contribution in [2.45, 2.75) is 30.8 Å². The van der Waals surface area contributed by atoms with E-state index in [9.17, 15) is 8.42 Å². The summed E-state index contributed by atoms with van der Waals surface area (Å²) < 4.78 is 38.8. The second-order valence-electron chi connectivity index (χ2n) is 6.70. The van der Waals surface area contributed by atoms with E-state index in [1.165, 1.54) is 9.87 Å². The quantitative estimate of drug-likeness (QED) is 0.800. The van der Waals surface area contributed by atoms with Gasteiger partial charge in [0, 0.05) is 39.3 Å².